The molecule has 1 aromatic heterocycles. The summed E-state index contributed by atoms with van der Waals surface area (Å²) in [6, 6.07) is 16.6. The highest BCUT2D eigenvalue weighted by atomic mass is 35.5. The molecule has 1 heterocycles. The van der Waals surface area contributed by atoms with E-state index in [9.17, 15) is 4.79 Å². The Bertz CT molecular complexity index is 1270. The van der Waals surface area contributed by atoms with E-state index < -0.39 is 5.60 Å². The molecule has 0 radical (unpaired) electrons. The molecule has 3 aromatic carbocycles. The van der Waals surface area contributed by atoms with Crippen molar-refractivity contribution in [3.8, 4) is 17.2 Å². The van der Waals surface area contributed by atoms with Crippen LogP contribution in [-0.2, 0) is 4.79 Å². The second-order valence-electron chi connectivity index (χ2n) is 8.42. The van der Waals surface area contributed by atoms with E-state index in [0.717, 1.165) is 33.4 Å². The van der Waals surface area contributed by atoms with E-state index in [1.54, 1.807) is 38.1 Å². The number of carbonyl (C=O) groups excluding carboxylic acids is 1. The molecule has 0 aliphatic rings. The van der Waals surface area contributed by atoms with Crippen LogP contribution in [0.3, 0.4) is 0 Å². The molecule has 4 aromatic rings. The van der Waals surface area contributed by atoms with Crippen LogP contribution >= 0.6 is 11.6 Å². The molecular formula is C26H25ClN2O3. The van der Waals surface area contributed by atoms with Crippen molar-refractivity contribution < 1.29 is 13.9 Å². The Kier molecular flexibility index (Phi) is 5.70. The Morgan fingerprint density at radius 1 is 1.03 bits per heavy atom. The van der Waals surface area contributed by atoms with Gasteiger partial charge in [0.05, 0.1) is 0 Å². The third-order valence-corrected chi connectivity index (χ3v) is 5.80. The van der Waals surface area contributed by atoms with Gasteiger partial charge < -0.3 is 14.5 Å². The first-order chi connectivity index (χ1) is 15.1. The molecule has 0 unspecified atom stereocenters. The largest absolute Gasteiger partial charge is 0.478 e. The van der Waals surface area contributed by atoms with Gasteiger partial charge in [-0.2, -0.15) is 0 Å². The van der Waals surface area contributed by atoms with E-state index >= 15 is 0 Å². The molecule has 164 valence electrons. The SMILES string of the molecule is Cc1cc2nc(-c3cccc(NC(=O)C(C)(C)Oc4ccc(Cl)cc4)c3C)oc2cc1C. The Morgan fingerprint density at radius 3 is 2.44 bits per heavy atom. The van der Waals surface area contributed by atoms with E-state index in [2.05, 4.69) is 17.2 Å². The average Bonchev–Trinajstić information content (AvgIpc) is 3.13. The van der Waals surface area contributed by atoms with E-state index in [1.807, 2.05) is 44.2 Å². The van der Waals surface area contributed by atoms with Crippen LogP contribution in [-0.4, -0.2) is 16.5 Å². The minimum Gasteiger partial charge on any atom is -0.478 e. The number of benzene rings is 3. The predicted molar refractivity (Wildman–Crippen MR) is 128 cm³/mol. The second kappa shape index (κ2) is 8.32. The topological polar surface area (TPSA) is 64.4 Å². The van der Waals surface area contributed by atoms with Crippen LogP contribution in [0.2, 0.25) is 5.02 Å². The molecule has 0 aliphatic heterocycles. The number of hydrogen-bond donors (Lipinski definition) is 1. The maximum Gasteiger partial charge on any atom is 0.267 e. The van der Waals surface area contributed by atoms with E-state index in [-0.39, 0.29) is 5.91 Å². The van der Waals surface area contributed by atoms with E-state index in [4.69, 9.17) is 20.8 Å². The molecular weight excluding hydrogens is 424 g/mol. The highest BCUT2D eigenvalue weighted by Gasteiger charge is 2.30. The minimum atomic E-state index is -1.09. The van der Waals surface area contributed by atoms with Crippen molar-refractivity contribution in [2.45, 2.75) is 40.2 Å². The fourth-order valence-electron chi connectivity index (χ4n) is 3.41. The van der Waals surface area contributed by atoms with Gasteiger partial charge in [0.25, 0.3) is 5.91 Å². The molecule has 1 amide bonds. The van der Waals surface area contributed by atoms with Crippen molar-refractivity contribution in [1.29, 1.82) is 0 Å². The normalized spacial score (nSPS) is 11.6. The third-order valence-electron chi connectivity index (χ3n) is 5.55. The molecule has 0 aliphatic carbocycles. The van der Waals surface area contributed by atoms with E-state index in [1.165, 1.54) is 0 Å². The monoisotopic (exact) mass is 448 g/mol. The number of amides is 1. The maximum absolute atomic E-state index is 13.0. The van der Waals surface area contributed by atoms with Crippen molar-refractivity contribution >= 4 is 34.3 Å². The molecule has 0 spiro atoms. The predicted octanol–water partition coefficient (Wildman–Crippen LogP) is 6.87. The van der Waals surface area contributed by atoms with Gasteiger partial charge >= 0.3 is 0 Å². The number of halogens is 1. The standard InChI is InChI=1S/C26H25ClN2O3/c1-15-13-22-23(14-16(15)2)31-24(28-22)20-7-6-8-21(17(20)3)29-25(30)26(4,5)32-19-11-9-18(27)10-12-19/h6-14H,1-5H3,(H,29,30). The van der Waals surface area contributed by atoms with Gasteiger partial charge in [0.1, 0.15) is 11.3 Å². The number of oxazole rings is 1. The smallest absolute Gasteiger partial charge is 0.267 e. The second-order valence-corrected chi connectivity index (χ2v) is 8.86. The molecule has 1 N–H and O–H groups in total. The summed E-state index contributed by atoms with van der Waals surface area (Å²) in [6.45, 7) is 9.48. The molecule has 0 bridgehead atoms. The highest BCUT2D eigenvalue weighted by molar-refractivity contribution is 6.30. The van der Waals surface area contributed by atoms with Gasteiger partial charge in [-0.25, -0.2) is 4.98 Å². The van der Waals surface area contributed by atoms with Crippen molar-refractivity contribution in [1.82, 2.24) is 4.98 Å². The molecule has 0 atom stereocenters. The molecule has 6 heteroatoms. The van der Waals surface area contributed by atoms with Crippen LogP contribution in [0.4, 0.5) is 5.69 Å². The number of nitrogens with one attached hydrogen (secondary N) is 1. The first-order valence-electron chi connectivity index (χ1n) is 10.4. The highest BCUT2D eigenvalue weighted by Crippen LogP contribution is 2.32. The van der Waals surface area contributed by atoms with Gasteiger partial charge in [-0.15, -0.1) is 0 Å². The number of rotatable bonds is 5. The first-order valence-corrected chi connectivity index (χ1v) is 10.8. The van der Waals surface area contributed by atoms with Crippen molar-refractivity contribution in [3.05, 3.63) is 76.3 Å². The summed E-state index contributed by atoms with van der Waals surface area (Å²) >= 11 is 5.93. The lowest BCUT2D eigenvalue weighted by molar-refractivity contribution is -0.128. The number of ether oxygens (including phenoxy) is 1. The minimum absolute atomic E-state index is 0.267. The molecule has 5 nitrogen and oxygen atoms in total. The number of aryl methyl sites for hydroxylation is 2. The molecule has 0 saturated carbocycles. The Morgan fingerprint density at radius 2 is 1.72 bits per heavy atom. The molecule has 0 saturated heterocycles. The number of hydrogen-bond acceptors (Lipinski definition) is 4. The van der Waals surface area contributed by atoms with Gasteiger partial charge in [0, 0.05) is 16.3 Å². The number of anilines is 1. The van der Waals surface area contributed by atoms with Crippen LogP contribution in [0.25, 0.3) is 22.6 Å². The Balaban J connectivity index is 1.59. The molecule has 0 fully saturated rings. The number of aromatic nitrogens is 1. The molecule has 32 heavy (non-hydrogen) atoms. The average molecular weight is 449 g/mol. The van der Waals surface area contributed by atoms with Crippen molar-refractivity contribution in [3.63, 3.8) is 0 Å². The van der Waals surface area contributed by atoms with Gasteiger partial charge in [-0.3, -0.25) is 4.79 Å². The van der Waals surface area contributed by atoms with Gasteiger partial charge in [0.2, 0.25) is 5.89 Å². The number of carbonyl (C=O) groups is 1. The Labute approximate surface area is 192 Å². The van der Waals surface area contributed by atoms with Crippen LogP contribution in [0.15, 0.2) is 59.0 Å². The lowest BCUT2D eigenvalue weighted by Gasteiger charge is -2.26. The van der Waals surface area contributed by atoms with E-state index in [0.29, 0.717) is 22.4 Å². The zero-order chi connectivity index (χ0) is 23.0. The Hall–Kier alpha value is -3.31. The quantitative estimate of drug-likeness (QED) is 0.361. The van der Waals surface area contributed by atoms with Crippen LogP contribution in [0.1, 0.15) is 30.5 Å². The maximum atomic E-state index is 13.0. The summed E-state index contributed by atoms with van der Waals surface area (Å²) in [5.41, 5.74) is 5.15. The molecule has 4 rings (SSSR count). The van der Waals surface area contributed by atoms with Crippen LogP contribution in [0, 0.1) is 20.8 Å². The van der Waals surface area contributed by atoms with Crippen molar-refractivity contribution in [2.75, 3.05) is 5.32 Å². The van der Waals surface area contributed by atoms with Crippen molar-refractivity contribution in [2.24, 2.45) is 0 Å². The summed E-state index contributed by atoms with van der Waals surface area (Å²) in [5, 5.41) is 3.59. The summed E-state index contributed by atoms with van der Waals surface area (Å²) in [7, 11) is 0. The van der Waals surface area contributed by atoms with Gasteiger partial charge in [-0.05, 0) is 99.8 Å². The first kappa shape index (κ1) is 21.9. The fraction of sp³-hybridized carbons (Fsp3) is 0.231. The van der Waals surface area contributed by atoms with Crippen LogP contribution in [0.5, 0.6) is 5.75 Å². The number of fused-ring (bicyclic) bond motifs is 1. The zero-order valence-corrected chi connectivity index (χ0v) is 19.5. The fourth-order valence-corrected chi connectivity index (χ4v) is 3.54. The summed E-state index contributed by atoms with van der Waals surface area (Å²) in [6.07, 6.45) is 0. The van der Waals surface area contributed by atoms with Crippen LogP contribution < -0.4 is 10.1 Å². The summed E-state index contributed by atoms with van der Waals surface area (Å²) in [5.74, 6) is 0.823. The lowest BCUT2D eigenvalue weighted by atomic mass is 10.0. The van der Waals surface area contributed by atoms with Gasteiger partial charge in [0.15, 0.2) is 11.2 Å². The zero-order valence-electron chi connectivity index (χ0n) is 18.7. The van der Waals surface area contributed by atoms with Gasteiger partial charge in [-0.1, -0.05) is 17.7 Å². The summed E-state index contributed by atoms with van der Waals surface area (Å²) < 4.78 is 11.9. The summed E-state index contributed by atoms with van der Waals surface area (Å²) in [4.78, 5) is 17.7. The third kappa shape index (κ3) is 4.34. The lowest BCUT2D eigenvalue weighted by Crippen LogP contribution is -2.42. The number of nitrogens with zero attached hydrogens (tertiary/aromatic N) is 1.